The summed E-state index contributed by atoms with van der Waals surface area (Å²) in [6, 6.07) is 6.48. The zero-order chi connectivity index (χ0) is 22.9. The summed E-state index contributed by atoms with van der Waals surface area (Å²) >= 11 is 0. The lowest BCUT2D eigenvalue weighted by atomic mass is 9.97. The highest BCUT2D eigenvalue weighted by Gasteiger charge is 2.21. The van der Waals surface area contributed by atoms with Gasteiger partial charge < -0.3 is 19.4 Å². The van der Waals surface area contributed by atoms with Crippen molar-refractivity contribution in [2.45, 2.75) is 40.2 Å². The zero-order valence-corrected chi connectivity index (χ0v) is 19.7. The van der Waals surface area contributed by atoms with E-state index in [1.807, 2.05) is 25.8 Å². The van der Waals surface area contributed by atoms with Crippen molar-refractivity contribution in [1.29, 1.82) is 0 Å². The SMILES string of the molecule is CCNC(=NCC1CCN(Cc2nc(C)c(C)o2)CC1)N(C)CCOc1ccccc1F. The first-order valence-corrected chi connectivity index (χ1v) is 11.5. The summed E-state index contributed by atoms with van der Waals surface area (Å²) in [6.07, 6.45) is 2.23. The molecule has 7 nitrogen and oxygen atoms in total. The quantitative estimate of drug-likeness (QED) is 0.470. The van der Waals surface area contributed by atoms with Gasteiger partial charge in [-0.1, -0.05) is 12.1 Å². The Kier molecular flexibility index (Phi) is 8.90. The number of aryl methyl sites for hydroxylation is 2. The number of ether oxygens (including phenoxy) is 1. The number of nitrogens with zero attached hydrogens (tertiary/aromatic N) is 4. The van der Waals surface area contributed by atoms with Crippen LogP contribution in [0, 0.1) is 25.6 Å². The van der Waals surface area contributed by atoms with Gasteiger partial charge in [-0.3, -0.25) is 9.89 Å². The fourth-order valence-corrected chi connectivity index (χ4v) is 3.77. The summed E-state index contributed by atoms with van der Waals surface area (Å²) in [5.74, 6) is 3.09. The number of nitrogens with one attached hydrogen (secondary N) is 1. The minimum atomic E-state index is -0.338. The minimum Gasteiger partial charge on any atom is -0.489 e. The van der Waals surface area contributed by atoms with Gasteiger partial charge in [-0.15, -0.1) is 0 Å². The monoisotopic (exact) mass is 445 g/mol. The fraction of sp³-hybridized carbons (Fsp3) is 0.583. The van der Waals surface area contributed by atoms with Gasteiger partial charge in [0.05, 0.1) is 18.8 Å². The molecule has 0 radical (unpaired) electrons. The predicted molar refractivity (Wildman–Crippen MR) is 124 cm³/mol. The lowest BCUT2D eigenvalue weighted by Gasteiger charge is -2.30. The summed E-state index contributed by atoms with van der Waals surface area (Å²) in [7, 11) is 1.98. The third-order valence-electron chi connectivity index (χ3n) is 5.86. The number of halogens is 1. The van der Waals surface area contributed by atoms with Crippen LogP contribution in [-0.4, -0.2) is 67.1 Å². The van der Waals surface area contributed by atoms with E-state index in [1.165, 1.54) is 6.07 Å². The number of para-hydroxylation sites is 1. The van der Waals surface area contributed by atoms with Crippen molar-refractivity contribution in [3.8, 4) is 5.75 Å². The molecule has 1 N–H and O–H groups in total. The summed E-state index contributed by atoms with van der Waals surface area (Å²) in [6.45, 7) is 11.4. The van der Waals surface area contributed by atoms with Crippen molar-refractivity contribution in [2.75, 3.05) is 46.4 Å². The van der Waals surface area contributed by atoms with E-state index in [-0.39, 0.29) is 11.6 Å². The first-order valence-electron chi connectivity index (χ1n) is 11.5. The van der Waals surface area contributed by atoms with Gasteiger partial charge in [0.25, 0.3) is 0 Å². The molecule has 0 aliphatic carbocycles. The molecule has 176 valence electrons. The van der Waals surface area contributed by atoms with E-state index < -0.39 is 0 Å². The molecule has 1 aromatic carbocycles. The van der Waals surface area contributed by atoms with Crippen molar-refractivity contribution in [3.05, 3.63) is 47.4 Å². The molecule has 2 heterocycles. The van der Waals surface area contributed by atoms with Crippen molar-refractivity contribution in [1.82, 2.24) is 20.1 Å². The number of likely N-dealkylation sites (N-methyl/N-ethyl adjacent to an activating group) is 1. The summed E-state index contributed by atoms with van der Waals surface area (Å²) in [5, 5.41) is 3.35. The fourth-order valence-electron chi connectivity index (χ4n) is 3.77. The predicted octanol–water partition coefficient (Wildman–Crippen LogP) is 3.62. The molecule has 8 heteroatoms. The lowest BCUT2D eigenvalue weighted by molar-refractivity contribution is 0.166. The van der Waals surface area contributed by atoms with E-state index in [0.29, 0.717) is 19.1 Å². The van der Waals surface area contributed by atoms with Crippen LogP contribution in [0.25, 0.3) is 0 Å². The van der Waals surface area contributed by atoms with Gasteiger partial charge in [0.2, 0.25) is 5.89 Å². The van der Waals surface area contributed by atoms with Crippen molar-refractivity contribution in [2.24, 2.45) is 10.9 Å². The van der Waals surface area contributed by atoms with Gasteiger partial charge in [0.15, 0.2) is 17.5 Å². The number of aromatic nitrogens is 1. The smallest absolute Gasteiger partial charge is 0.208 e. The summed E-state index contributed by atoms with van der Waals surface area (Å²) < 4.78 is 25.0. The number of rotatable bonds is 9. The molecule has 0 amide bonds. The largest absolute Gasteiger partial charge is 0.489 e. The van der Waals surface area contributed by atoms with E-state index in [4.69, 9.17) is 14.1 Å². The standard InChI is InChI=1S/C24H36FN5O2/c1-5-26-24(29(4)14-15-31-22-9-7-6-8-21(22)25)27-16-20-10-12-30(13-11-20)17-23-28-18(2)19(3)32-23/h6-9,20H,5,10-17H2,1-4H3,(H,26,27). The van der Waals surface area contributed by atoms with Crippen LogP contribution in [0.3, 0.4) is 0 Å². The van der Waals surface area contributed by atoms with Crippen LogP contribution < -0.4 is 10.1 Å². The number of piperidine rings is 1. The molecule has 0 saturated carbocycles. The number of hydrogen-bond acceptors (Lipinski definition) is 5. The van der Waals surface area contributed by atoms with Crippen LogP contribution in [0.1, 0.15) is 37.1 Å². The molecular weight excluding hydrogens is 409 g/mol. The molecular formula is C24H36FN5O2. The topological polar surface area (TPSA) is 66.1 Å². The molecule has 1 aliphatic rings. The van der Waals surface area contributed by atoms with E-state index in [2.05, 4.69) is 22.1 Å². The average Bonchev–Trinajstić information content (AvgIpc) is 3.10. The number of guanidine groups is 1. The Bertz CT molecular complexity index is 858. The number of benzene rings is 1. The molecule has 0 spiro atoms. The molecule has 1 saturated heterocycles. The maximum atomic E-state index is 13.7. The first-order chi connectivity index (χ1) is 15.5. The van der Waals surface area contributed by atoms with E-state index in [1.54, 1.807) is 18.2 Å². The second-order valence-corrected chi connectivity index (χ2v) is 8.36. The molecule has 2 aromatic rings. The third kappa shape index (κ3) is 6.95. The molecule has 1 fully saturated rings. The van der Waals surface area contributed by atoms with Crippen molar-refractivity contribution in [3.63, 3.8) is 0 Å². The third-order valence-corrected chi connectivity index (χ3v) is 5.86. The molecule has 1 aromatic heterocycles. The van der Waals surface area contributed by atoms with Gasteiger partial charge in [-0.2, -0.15) is 0 Å². The maximum absolute atomic E-state index is 13.7. The van der Waals surface area contributed by atoms with Gasteiger partial charge in [-0.05, 0) is 64.8 Å². The van der Waals surface area contributed by atoms with Crippen LogP contribution in [0.15, 0.2) is 33.7 Å². The Labute approximate surface area is 190 Å². The van der Waals surface area contributed by atoms with Crippen LogP contribution in [0.5, 0.6) is 5.75 Å². The van der Waals surface area contributed by atoms with Gasteiger partial charge in [0, 0.05) is 20.1 Å². The Morgan fingerprint density at radius 3 is 2.72 bits per heavy atom. The number of hydrogen-bond donors (Lipinski definition) is 1. The van der Waals surface area contributed by atoms with E-state index in [0.717, 1.165) is 68.9 Å². The normalized spacial score (nSPS) is 15.7. The molecule has 32 heavy (non-hydrogen) atoms. The molecule has 0 atom stereocenters. The highest BCUT2D eigenvalue weighted by Crippen LogP contribution is 2.20. The molecule has 1 aliphatic heterocycles. The average molecular weight is 446 g/mol. The Balaban J connectivity index is 1.43. The summed E-state index contributed by atoms with van der Waals surface area (Å²) in [4.78, 5) is 13.8. The Morgan fingerprint density at radius 2 is 2.06 bits per heavy atom. The second kappa shape index (κ2) is 11.9. The van der Waals surface area contributed by atoms with Gasteiger partial charge in [-0.25, -0.2) is 9.37 Å². The highest BCUT2D eigenvalue weighted by molar-refractivity contribution is 5.79. The van der Waals surface area contributed by atoms with Crippen LogP contribution >= 0.6 is 0 Å². The number of likely N-dealkylation sites (tertiary alicyclic amines) is 1. The van der Waals surface area contributed by atoms with Gasteiger partial charge in [0.1, 0.15) is 12.4 Å². The Hall–Kier alpha value is -2.61. The molecule has 0 bridgehead atoms. The van der Waals surface area contributed by atoms with E-state index in [9.17, 15) is 4.39 Å². The lowest BCUT2D eigenvalue weighted by Crippen LogP contribution is -2.41. The highest BCUT2D eigenvalue weighted by atomic mass is 19.1. The van der Waals surface area contributed by atoms with Crippen LogP contribution in [0.4, 0.5) is 4.39 Å². The number of aliphatic imine (C=N–C) groups is 1. The van der Waals surface area contributed by atoms with E-state index >= 15 is 0 Å². The zero-order valence-electron chi connectivity index (χ0n) is 19.7. The minimum absolute atomic E-state index is 0.282. The molecule has 3 rings (SSSR count). The first kappa shape index (κ1) is 24.0. The second-order valence-electron chi connectivity index (χ2n) is 8.36. The van der Waals surface area contributed by atoms with Crippen molar-refractivity contribution < 1.29 is 13.5 Å². The van der Waals surface area contributed by atoms with Crippen LogP contribution in [-0.2, 0) is 6.54 Å². The molecule has 0 unspecified atom stereocenters. The maximum Gasteiger partial charge on any atom is 0.208 e. The van der Waals surface area contributed by atoms with Crippen molar-refractivity contribution >= 4 is 5.96 Å². The number of oxazole rings is 1. The van der Waals surface area contributed by atoms with Gasteiger partial charge >= 0.3 is 0 Å². The Morgan fingerprint density at radius 1 is 1.31 bits per heavy atom. The summed E-state index contributed by atoms with van der Waals surface area (Å²) in [5.41, 5.74) is 0.976. The van der Waals surface area contributed by atoms with Crippen LogP contribution in [0.2, 0.25) is 0 Å².